The number of hydrogen-bond acceptors (Lipinski definition) is 1. The third kappa shape index (κ3) is 2.34. The third-order valence-corrected chi connectivity index (χ3v) is 2.28. The molecule has 1 nitrogen and oxygen atoms in total. The van der Waals surface area contributed by atoms with Crippen molar-refractivity contribution in [2.75, 3.05) is 13.1 Å². The van der Waals surface area contributed by atoms with Crippen molar-refractivity contribution in [1.82, 2.24) is 5.32 Å². The van der Waals surface area contributed by atoms with E-state index in [4.69, 9.17) is 0 Å². The molecule has 0 fully saturated rings. The molecule has 0 radical (unpaired) electrons. The molecule has 3 heteroatoms. The van der Waals surface area contributed by atoms with Crippen LogP contribution in [0.1, 0.15) is 12.0 Å². The van der Waals surface area contributed by atoms with Gasteiger partial charge >= 0.3 is 0 Å². The molecule has 0 amide bonds. The highest BCUT2D eigenvalue weighted by Gasteiger charge is 2.08. The number of hydrogen-bond donors (Lipinski definition) is 1. The van der Waals surface area contributed by atoms with Crippen LogP contribution < -0.4 is 5.32 Å². The van der Waals surface area contributed by atoms with E-state index < -0.39 is 0 Å². The summed E-state index contributed by atoms with van der Waals surface area (Å²) in [4.78, 5) is 0. The van der Waals surface area contributed by atoms with Gasteiger partial charge < -0.3 is 5.32 Å². The Balaban J connectivity index is 0.000000980. The van der Waals surface area contributed by atoms with E-state index >= 15 is 0 Å². The van der Waals surface area contributed by atoms with Crippen molar-refractivity contribution in [2.45, 2.75) is 6.42 Å². The van der Waals surface area contributed by atoms with Crippen molar-refractivity contribution in [3.05, 3.63) is 41.7 Å². The van der Waals surface area contributed by atoms with Crippen molar-refractivity contribution in [1.29, 1.82) is 0 Å². The molecule has 0 spiro atoms. The minimum atomic E-state index is -0.115. The highest BCUT2D eigenvalue weighted by molar-refractivity contribution is 5.85. The van der Waals surface area contributed by atoms with E-state index in [-0.39, 0.29) is 18.2 Å². The minimum absolute atomic E-state index is 0. The van der Waals surface area contributed by atoms with Gasteiger partial charge in [-0.05, 0) is 24.6 Å². The van der Waals surface area contributed by atoms with Crippen molar-refractivity contribution in [2.24, 2.45) is 0 Å². The lowest BCUT2D eigenvalue weighted by Crippen LogP contribution is -2.20. The number of benzene rings is 1. The lowest BCUT2D eigenvalue weighted by molar-refractivity contribution is 0.621. The summed E-state index contributed by atoms with van der Waals surface area (Å²) in [7, 11) is 0. The maximum absolute atomic E-state index is 13.3. The van der Waals surface area contributed by atoms with Crippen LogP contribution in [0.15, 0.2) is 30.3 Å². The molecule has 0 saturated heterocycles. The molecule has 0 saturated carbocycles. The van der Waals surface area contributed by atoms with Crippen molar-refractivity contribution in [3.8, 4) is 0 Å². The Morgan fingerprint density at radius 3 is 2.64 bits per heavy atom. The standard InChI is InChI=1S/C11H12FN.ClH/c12-11-4-2-1-3-10(11)9-5-7-13-8-6-9;/h1-5,13H,6-8H2;1H. The highest BCUT2D eigenvalue weighted by Crippen LogP contribution is 2.21. The van der Waals surface area contributed by atoms with E-state index in [1.807, 2.05) is 12.1 Å². The summed E-state index contributed by atoms with van der Waals surface area (Å²) in [5, 5.41) is 3.21. The fourth-order valence-corrected chi connectivity index (χ4v) is 1.59. The van der Waals surface area contributed by atoms with Gasteiger partial charge in [-0.25, -0.2) is 4.39 Å². The molecule has 1 N–H and O–H groups in total. The van der Waals surface area contributed by atoms with Gasteiger partial charge in [0.25, 0.3) is 0 Å². The predicted octanol–water partition coefficient (Wildman–Crippen LogP) is 2.62. The SMILES string of the molecule is Cl.Fc1ccccc1C1=CCNCC1. The first-order valence-electron chi connectivity index (χ1n) is 4.52. The molecule has 14 heavy (non-hydrogen) atoms. The molecule has 0 unspecified atom stereocenters. The highest BCUT2D eigenvalue weighted by atomic mass is 35.5. The molecule has 1 aliphatic heterocycles. The molecule has 1 aromatic carbocycles. The molecular weight excluding hydrogens is 201 g/mol. The topological polar surface area (TPSA) is 12.0 Å². The molecule has 0 aromatic heterocycles. The van der Waals surface area contributed by atoms with E-state index in [1.165, 1.54) is 6.07 Å². The summed E-state index contributed by atoms with van der Waals surface area (Å²) < 4.78 is 13.3. The monoisotopic (exact) mass is 213 g/mol. The third-order valence-electron chi connectivity index (χ3n) is 2.28. The average Bonchev–Trinajstić information content (AvgIpc) is 2.20. The molecule has 1 aromatic rings. The zero-order valence-electron chi connectivity index (χ0n) is 7.79. The van der Waals surface area contributed by atoms with Gasteiger partial charge in [0, 0.05) is 12.1 Å². The van der Waals surface area contributed by atoms with Crippen LogP contribution in [0.5, 0.6) is 0 Å². The molecule has 2 rings (SSSR count). The fourth-order valence-electron chi connectivity index (χ4n) is 1.59. The quantitative estimate of drug-likeness (QED) is 0.756. The summed E-state index contributed by atoms with van der Waals surface area (Å²) in [5.41, 5.74) is 1.88. The van der Waals surface area contributed by atoms with Crippen molar-refractivity contribution >= 4 is 18.0 Å². The lowest BCUT2D eigenvalue weighted by Gasteiger charge is -2.14. The van der Waals surface area contributed by atoms with Gasteiger partial charge in [-0.2, -0.15) is 0 Å². The first kappa shape index (κ1) is 11.2. The smallest absolute Gasteiger partial charge is 0.130 e. The Morgan fingerprint density at radius 1 is 1.21 bits per heavy atom. The van der Waals surface area contributed by atoms with Crippen molar-refractivity contribution in [3.63, 3.8) is 0 Å². The van der Waals surface area contributed by atoms with Crippen LogP contribution in [-0.4, -0.2) is 13.1 Å². The molecule has 1 heterocycles. The van der Waals surface area contributed by atoms with E-state index in [2.05, 4.69) is 11.4 Å². The lowest BCUT2D eigenvalue weighted by atomic mass is 10.00. The first-order chi connectivity index (χ1) is 6.38. The summed E-state index contributed by atoms with van der Waals surface area (Å²) in [6.07, 6.45) is 2.98. The Hall–Kier alpha value is -0.860. The molecular formula is C11H13ClFN. The molecule has 76 valence electrons. The van der Waals surface area contributed by atoms with Crippen LogP contribution in [0.2, 0.25) is 0 Å². The van der Waals surface area contributed by atoms with Gasteiger partial charge in [0.1, 0.15) is 5.82 Å². The number of rotatable bonds is 1. The minimum Gasteiger partial charge on any atom is -0.313 e. The van der Waals surface area contributed by atoms with Gasteiger partial charge in [0.15, 0.2) is 0 Å². The summed E-state index contributed by atoms with van der Waals surface area (Å²) >= 11 is 0. The Kier molecular flexibility index (Phi) is 4.11. The van der Waals surface area contributed by atoms with Gasteiger partial charge in [-0.15, -0.1) is 12.4 Å². The largest absolute Gasteiger partial charge is 0.313 e. The van der Waals surface area contributed by atoms with Crippen molar-refractivity contribution < 1.29 is 4.39 Å². The van der Waals surface area contributed by atoms with E-state index in [9.17, 15) is 4.39 Å². The first-order valence-corrected chi connectivity index (χ1v) is 4.52. The summed E-state index contributed by atoms with van der Waals surface area (Å²) in [5.74, 6) is -0.115. The molecule has 0 aliphatic carbocycles. The van der Waals surface area contributed by atoms with Crippen LogP contribution >= 0.6 is 12.4 Å². The maximum Gasteiger partial charge on any atom is 0.130 e. The number of nitrogens with one attached hydrogen (secondary N) is 1. The van der Waals surface area contributed by atoms with Gasteiger partial charge in [-0.1, -0.05) is 24.3 Å². The van der Waals surface area contributed by atoms with Crippen LogP contribution in [0, 0.1) is 5.82 Å². The second-order valence-corrected chi connectivity index (χ2v) is 3.16. The van der Waals surface area contributed by atoms with Crippen LogP contribution in [-0.2, 0) is 0 Å². The molecule has 0 bridgehead atoms. The maximum atomic E-state index is 13.3. The Bertz CT molecular complexity index is 336. The zero-order valence-corrected chi connectivity index (χ0v) is 8.61. The normalized spacial score (nSPS) is 15.6. The summed E-state index contributed by atoms with van der Waals surface area (Å²) in [6.45, 7) is 1.80. The van der Waals surface area contributed by atoms with Crippen LogP contribution in [0.4, 0.5) is 4.39 Å². The predicted molar refractivity (Wildman–Crippen MR) is 59.1 cm³/mol. The fraction of sp³-hybridized carbons (Fsp3) is 0.273. The average molecular weight is 214 g/mol. The van der Waals surface area contributed by atoms with Gasteiger partial charge in [0.05, 0.1) is 0 Å². The molecule has 1 aliphatic rings. The zero-order chi connectivity index (χ0) is 9.10. The second kappa shape index (κ2) is 5.13. The van der Waals surface area contributed by atoms with E-state index in [0.717, 1.165) is 30.6 Å². The number of halogens is 2. The van der Waals surface area contributed by atoms with Crippen LogP contribution in [0.3, 0.4) is 0 Å². The van der Waals surface area contributed by atoms with Gasteiger partial charge in [-0.3, -0.25) is 0 Å². The second-order valence-electron chi connectivity index (χ2n) is 3.16. The van der Waals surface area contributed by atoms with Crippen LogP contribution in [0.25, 0.3) is 5.57 Å². The van der Waals surface area contributed by atoms with E-state index in [1.54, 1.807) is 6.07 Å². The van der Waals surface area contributed by atoms with Gasteiger partial charge in [0.2, 0.25) is 0 Å². The molecule has 0 atom stereocenters. The van der Waals surface area contributed by atoms with E-state index in [0.29, 0.717) is 0 Å². The summed E-state index contributed by atoms with van der Waals surface area (Å²) in [6, 6.07) is 6.95. The Morgan fingerprint density at radius 2 is 2.00 bits per heavy atom. The Labute approximate surface area is 89.4 Å².